The number of aromatic nitrogens is 2. The Morgan fingerprint density at radius 3 is 2.59 bits per heavy atom. The molecule has 1 fully saturated rings. The number of benzene rings is 3. The first-order valence-corrected chi connectivity index (χ1v) is 13.3. The van der Waals surface area contributed by atoms with Gasteiger partial charge in [0, 0.05) is 46.3 Å². The fourth-order valence-corrected chi connectivity index (χ4v) is 6.09. The smallest absolute Gasteiger partial charge is 0.323 e. The molecule has 0 aliphatic carbocycles. The number of nitrogens with zero attached hydrogens (tertiary/aromatic N) is 1. The molecule has 0 unspecified atom stereocenters. The Kier molecular flexibility index (Phi) is 7.03. The van der Waals surface area contributed by atoms with Crippen molar-refractivity contribution in [1.29, 1.82) is 0 Å². The monoisotopic (exact) mass is 585 g/mol. The fraction of sp³-hybridized carbons (Fsp3) is 0.276. The number of anilines is 1. The molecule has 0 amide bonds. The zero-order valence-electron chi connectivity index (χ0n) is 20.5. The number of aromatic amines is 2. The van der Waals surface area contributed by atoms with E-state index in [4.69, 9.17) is 11.6 Å². The molecule has 4 aromatic rings. The molecule has 1 saturated heterocycles. The van der Waals surface area contributed by atoms with Crippen molar-refractivity contribution in [2.45, 2.75) is 31.9 Å². The third-order valence-corrected chi connectivity index (χ3v) is 7.67. The quantitative estimate of drug-likeness (QED) is 0.236. The molecule has 1 atom stereocenters. The molecule has 1 aliphatic rings. The number of H-pyrrole nitrogens is 2. The molecule has 0 spiro atoms. The van der Waals surface area contributed by atoms with Gasteiger partial charge in [-0.05, 0) is 78.9 Å². The minimum Gasteiger partial charge on any atom is -0.371 e. The summed E-state index contributed by atoms with van der Waals surface area (Å²) in [5.41, 5.74) is 3.77. The van der Waals surface area contributed by atoms with E-state index in [1.165, 1.54) is 12.1 Å². The minimum absolute atomic E-state index is 0.0225. The summed E-state index contributed by atoms with van der Waals surface area (Å²) in [4.78, 5) is 19.2. The second kappa shape index (κ2) is 10.1. The van der Waals surface area contributed by atoms with E-state index in [-0.39, 0.29) is 17.4 Å². The van der Waals surface area contributed by atoms with Gasteiger partial charge in [0.05, 0.1) is 5.69 Å². The van der Waals surface area contributed by atoms with Gasteiger partial charge in [0.2, 0.25) is 0 Å². The summed E-state index contributed by atoms with van der Waals surface area (Å²) < 4.78 is 30.2. The third-order valence-electron chi connectivity index (χ3n) is 6.98. The maximum atomic E-state index is 15.4. The lowest BCUT2D eigenvalue weighted by molar-refractivity contribution is 0.118. The predicted octanol–water partition coefficient (Wildman–Crippen LogP) is 7.48. The van der Waals surface area contributed by atoms with Crippen molar-refractivity contribution in [2.75, 3.05) is 18.0 Å². The van der Waals surface area contributed by atoms with Gasteiger partial charge in [0.25, 0.3) is 0 Å². The normalized spacial score (nSPS) is 15.0. The maximum Gasteiger partial charge on any atom is 0.323 e. The van der Waals surface area contributed by atoms with Crippen molar-refractivity contribution in [1.82, 2.24) is 9.97 Å². The lowest BCUT2D eigenvalue weighted by Gasteiger charge is -2.48. The predicted molar refractivity (Wildman–Crippen MR) is 149 cm³/mol. The molecule has 5 rings (SSSR count). The van der Waals surface area contributed by atoms with Crippen LogP contribution in [0.25, 0.3) is 11.3 Å². The van der Waals surface area contributed by atoms with Gasteiger partial charge in [0.1, 0.15) is 11.5 Å². The highest BCUT2D eigenvalue weighted by Gasteiger charge is 2.43. The summed E-state index contributed by atoms with van der Waals surface area (Å²) in [7, 11) is 0. The summed E-state index contributed by atoms with van der Waals surface area (Å²) in [6.07, 6.45) is 2.33. The number of rotatable bonds is 7. The Morgan fingerprint density at radius 1 is 1.14 bits per heavy atom. The van der Waals surface area contributed by atoms with Crippen LogP contribution in [0.2, 0.25) is 5.02 Å². The molecule has 2 heterocycles. The maximum absolute atomic E-state index is 15.4. The van der Waals surface area contributed by atoms with Gasteiger partial charge in [-0.25, -0.2) is 13.6 Å². The lowest BCUT2D eigenvalue weighted by atomic mass is 9.73. The number of imidazole rings is 1. The molecular formula is C29H27BrClF2N3O. The minimum atomic E-state index is -1.51. The Bertz CT molecular complexity index is 1470. The van der Waals surface area contributed by atoms with Crippen molar-refractivity contribution in [3.05, 3.63) is 109 Å². The first-order chi connectivity index (χ1) is 17.6. The van der Waals surface area contributed by atoms with Gasteiger partial charge in [-0.3, -0.25) is 0 Å². The Labute approximate surface area is 227 Å². The Morgan fingerprint density at radius 2 is 1.92 bits per heavy atom. The molecule has 0 radical (unpaired) electrons. The van der Waals surface area contributed by atoms with E-state index in [0.717, 1.165) is 28.1 Å². The van der Waals surface area contributed by atoms with E-state index < -0.39 is 11.6 Å². The fourth-order valence-electron chi connectivity index (χ4n) is 5.44. The molecule has 3 aromatic carbocycles. The van der Waals surface area contributed by atoms with E-state index in [1.807, 2.05) is 36.4 Å². The Balaban J connectivity index is 1.39. The van der Waals surface area contributed by atoms with Crippen LogP contribution in [-0.4, -0.2) is 28.7 Å². The zero-order chi connectivity index (χ0) is 26.3. The molecular weight excluding hydrogens is 560 g/mol. The molecule has 1 aromatic heterocycles. The van der Waals surface area contributed by atoms with Crippen molar-refractivity contribution in [3.63, 3.8) is 0 Å². The van der Waals surface area contributed by atoms with Crippen LogP contribution >= 0.6 is 27.5 Å². The standard InChI is InChI=1S/C29H27BrClF2N3O/c1-29(2,33)27(20-10-22(30)12-24(32)11-20)21-15-36(16-21)26-13-23(31)7-6-19(26)9-17-4-3-5-18(8-17)25-14-34-28(37)35-25/h3-8,10-14,21,27H,9,15-16H2,1-2H3,(H2,34,35,37)/t27-/m1/s1. The molecule has 4 nitrogen and oxygen atoms in total. The van der Waals surface area contributed by atoms with E-state index in [2.05, 4.69) is 42.9 Å². The van der Waals surface area contributed by atoms with Gasteiger partial charge in [0.15, 0.2) is 0 Å². The second-order valence-electron chi connectivity index (χ2n) is 10.2. The van der Waals surface area contributed by atoms with Crippen LogP contribution in [0.1, 0.15) is 36.5 Å². The number of nitrogens with one attached hydrogen (secondary N) is 2. The van der Waals surface area contributed by atoms with Crippen molar-refractivity contribution >= 4 is 33.2 Å². The van der Waals surface area contributed by atoms with Gasteiger partial charge in [-0.1, -0.05) is 51.8 Å². The van der Waals surface area contributed by atoms with Gasteiger partial charge in [-0.15, -0.1) is 0 Å². The van der Waals surface area contributed by atoms with Crippen LogP contribution in [0, 0.1) is 11.7 Å². The van der Waals surface area contributed by atoms with Crippen LogP contribution in [0.4, 0.5) is 14.5 Å². The molecule has 37 heavy (non-hydrogen) atoms. The summed E-state index contributed by atoms with van der Waals surface area (Å²) in [6, 6.07) is 18.5. The van der Waals surface area contributed by atoms with Crippen molar-refractivity contribution in [3.8, 4) is 11.3 Å². The SMILES string of the molecule is CC(C)(F)[C@H](c1cc(F)cc(Br)c1)C1CN(c2cc(Cl)ccc2Cc2cccc(-c3c[nH]c(=O)[nH]3)c2)C1. The molecule has 2 N–H and O–H groups in total. The van der Waals surface area contributed by atoms with Gasteiger partial charge < -0.3 is 14.9 Å². The first kappa shape index (κ1) is 25.7. The average molecular weight is 587 g/mol. The molecule has 8 heteroatoms. The van der Waals surface area contributed by atoms with Crippen molar-refractivity contribution in [2.24, 2.45) is 5.92 Å². The molecule has 1 aliphatic heterocycles. The molecule has 0 bridgehead atoms. The lowest BCUT2D eigenvalue weighted by Crippen LogP contribution is -2.53. The Hall–Kier alpha value is -2.90. The zero-order valence-corrected chi connectivity index (χ0v) is 22.8. The number of hydrogen-bond donors (Lipinski definition) is 2. The summed E-state index contributed by atoms with van der Waals surface area (Å²) in [5, 5.41) is 0.636. The van der Waals surface area contributed by atoms with E-state index in [9.17, 15) is 9.18 Å². The highest BCUT2D eigenvalue weighted by atomic mass is 79.9. The summed E-state index contributed by atoms with van der Waals surface area (Å²) in [6.45, 7) is 4.41. The van der Waals surface area contributed by atoms with Crippen LogP contribution in [0.3, 0.4) is 0 Å². The number of alkyl halides is 1. The van der Waals surface area contributed by atoms with Crippen LogP contribution in [0.15, 0.2) is 76.1 Å². The topological polar surface area (TPSA) is 51.9 Å². The van der Waals surface area contributed by atoms with E-state index >= 15 is 4.39 Å². The van der Waals surface area contributed by atoms with Crippen LogP contribution in [0.5, 0.6) is 0 Å². The summed E-state index contributed by atoms with van der Waals surface area (Å²) in [5.74, 6) is -0.800. The summed E-state index contributed by atoms with van der Waals surface area (Å²) >= 11 is 9.73. The highest BCUT2D eigenvalue weighted by Crippen LogP contribution is 2.44. The first-order valence-electron chi connectivity index (χ1n) is 12.1. The van der Waals surface area contributed by atoms with Crippen LogP contribution in [-0.2, 0) is 6.42 Å². The largest absolute Gasteiger partial charge is 0.371 e. The molecule has 192 valence electrons. The van der Waals surface area contributed by atoms with E-state index in [1.54, 1.807) is 20.0 Å². The number of halogens is 4. The number of hydrogen-bond acceptors (Lipinski definition) is 2. The third kappa shape index (κ3) is 5.68. The highest BCUT2D eigenvalue weighted by molar-refractivity contribution is 9.10. The second-order valence-corrected chi connectivity index (χ2v) is 11.6. The van der Waals surface area contributed by atoms with Gasteiger partial charge >= 0.3 is 5.69 Å². The average Bonchev–Trinajstić information content (AvgIpc) is 3.22. The molecule has 0 saturated carbocycles. The van der Waals surface area contributed by atoms with Gasteiger partial charge in [-0.2, -0.15) is 0 Å². The van der Waals surface area contributed by atoms with Crippen molar-refractivity contribution < 1.29 is 8.78 Å². The van der Waals surface area contributed by atoms with E-state index in [0.29, 0.717) is 34.6 Å². The van der Waals surface area contributed by atoms with Crippen LogP contribution < -0.4 is 10.6 Å².